The van der Waals surface area contributed by atoms with Gasteiger partial charge in [0, 0.05) is 18.8 Å². The lowest BCUT2D eigenvalue weighted by molar-refractivity contribution is -0.144. The summed E-state index contributed by atoms with van der Waals surface area (Å²) in [6.45, 7) is 3.78. The summed E-state index contributed by atoms with van der Waals surface area (Å²) in [7, 11) is 0. The molecule has 0 saturated carbocycles. The molecule has 1 aromatic rings. The van der Waals surface area contributed by atoms with Gasteiger partial charge in [0.15, 0.2) is 0 Å². The fraction of sp³-hybridized carbons (Fsp3) is 0.538. The van der Waals surface area contributed by atoms with Gasteiger partial charge in [-0.25, -0.2) is 0 Å². The van der Waals surface area contributed by atoms with Crippen molar-refractivity contribution in [1.29, 1.82) is 0 Å². The number of nitrogens with one attached hydrogen (secondary N) is 1. The molecule has 19 heavy (non-hydrogen) atoms. The maximum atomic E-state index is 12.0. The van der Waals surface area contributed by atoms with Crippen molar-refractivity contribution in [1.82, 2.24) is 10.3 Å². The van der Waals surface area contributed by atoms with Crippen LogP contribution >= 0.6 is 0 Å². The van der Waals surface area contributed by atoms with Gasteiger partial charge in [-0.05, 0) is 17.5 Å². The Labute approximate surface area is 110 Å². The van der Waals surface area contributed by atoms with E-state index in [9.17, 15) is 18.0 Å². The van der Waals surface area contributed by atoms with Gasteiger partial charge in [-0.15, -0.1) is 0 Å². The molecule has 1 amide bonds. The normalized spacial score (nSPS) is 13.4. The topological polar surface area (TPSA) is 42.0 Å². The third-order valence-corrected chi connectivity index (χ3v) is 2.66. The summed E-state index contributed by atoms with van der Waals surface area (Å²) in [6, 6.07) is 3.20. The standard InChI is InChI=1S/C13H17F3N2O/c1-9(2)12(10-4-3-7-17-8-10)18-11(19)5-6-13(14,15)16/h3-4,7-9,12H,5-6H2,1-2H3,(H,18,19)/t12-/m1/s1. The molecule has 1 aromatic heterocycles. The second-order valence-corrected chi connectivity index (χ2v) is 4.69. The van der Waals surface area contributed by atoms with E-state index in [1.54, 1.807) is 24.5 Å². The molecule has 106 valence electrons. The van der Waals surface area contributed by atoms with E-state index in [-0.39, 0.29) is 12.0 Å². The SMILES string of the molecule is CC(C)[C@@H](NC(=O)CCC(F)(F)F)c1cccnc1. The Morgan fingerprint density at radius 1 is 1.42 bits per heavy atom. The fourth-order valence-electron chi connectivity index (χ4n) is 1.70. The molecule has 0 saturated heterocycles. The summed E-state index contributed by atoms with van der Waals surface area (Å²) < 4.78 is 36.1. The van der Waals surface area contributed by atoms with Gasteiger partial charge < -0.3 is 5.32 Å². The van der Waals surface area contributed by atoms with Crippen molar-refractivity contribution in [3.8, 4) is 0 Å². The zero-order valence-electron chi connectivity index (χ0n) is 10.9. The van der Waals surface area contributed by atoms with Crippen LogP contribution in [0.1, 0.15) is 38.3 Å². The van der Waals surface area contributed by atoms with Crippen LogP contribution in [-0.2, 0) is 4.79 Å². The second-order valence-electron chi connectivity index (χ2n) is 4.69. The molecule has 1 N–H and O–H groups in total. The lowest BCUT2D eigenvalue weighted by Crippen LogP contribution is -2.32. The Balaban J connectivity index is 2.63. The number of carbonyl (C=O) groups is 1. The first-order valence-electron chi connectivity index (χ1n) is 6.05. The molecule has 0 bridgehead atoms. The van der Waals surface area contributed by atoms with Crippen LogP contribution in [0.25, 0.3) is 0 Å². The van der Waals surface area contributed by atoms with E-state index < -0.39 is 24.9 Å². The lowest BCUT2D eigenvalue weighted by Gasteiger charge is -2.22. The number of alkyl halides is 3. The van der Waals surface area contributed by atoms with Crippen molar-refractivity contribution < 1.29 is 18.0 Å². The molecular weight excluding hydrogens is 257 g/mol. The van der Waals surface area contributed by atoms with E-state index in [4.69, 9.17) is 0 Å². The van der Waals surface area contributed by atoms with Crippen LogP contribution in [0.3, 0.4) is 0 Å². The molecule has 0 fully saturated rings. The zero-order valence-corrected chi connectivity index (χ0v) is 10.9. The summed E-state index contributed by atoms with van der Waals surface area (Å²) in [6.07, 6.45) is -2.75. The summed E-state index contributed by atoms with van der Waals surface area (Å²) in [5, 5.41) is 2.63. The molecule has 0 aliphatic carbocycles. The average Bonchev–Trinajstić information content (AvgIpc) is 2.33. The van der Waals surface area contributed by atoms with Gasteiger partial charge in [-0.1, -0.05) is 19.9 Å². The first kappa shape index (κ1) is 15.5. The molecule has 0 aliphatic rings. The Morgan fingerprint density at radius 2 is 2.11 bits per heavy atom. The highest BCUT2D eigenvalue weighted by Gasteiger charge is 2.28. The Hall–Kier alpha value is -1.59. The number of amides is 1. The maximum Gasteiger partial charge on any atom is 0.389 e. The van der Waals surface area contributed by atoms with Gasteiger partial charge in [-0.2, -0.15) is 13.2 Å². The highest BCUT2D eigenvalue weighted by Crippen LogP contribution is 2.23. The van der Waals surface area contributed by atoms with Crippen LogP contribution in [0.15, 0.2) is 24.5 Å². The molecule has 0 aliphatic heterocycles. The first-order chi connectivity index (χ1) is 8.79. The summed E-state index contributed by atoms with van der Waals surface area (Å²) in [5.74, 6) is -0.529. The van der Waals surface area contributed by atoms with Crippen LogP contribution in [0, 0.1) is 5.92 Å². The van der Waals surface area contributed by atoms with E-state index in [1.807, 2.05) is 13.8 Å². The molecule has 0 aromatic carbocycles. The van der Waals surface area contributed by atoms with E-state index in [2.05, 4.69) is 10.3 Å². The highest BCUT2D eigenvalue weighted by molar-refractivity contribution is 5.76. The Kier molecular flexibility index (Phi) is 5.32. The molecule has 1 rings (SSSR count). The van der Waals surface area contributed by atoms with E-state index in [1.165, 1.54) is 0 Å². The third kappa shape index (κ3) is 5.72. The van der Waals surface area contributed by atoms with Gasteiger partial charge in [-0.3, -0.25) is 9.78 Å². The van der Waals surface area contributed by atoms with Crippen LogP contribution < -0.4 is 5.32 Å². The van der Waals surface area contributed by atoms with Crippen molar-refractivity contribution in [3.63, 3.8) is 0 Å². The third-order valence-electron chi connectivity index (χ3n) is 2.66. The zero-order chi connectivity index (χ0) is 14.5. The van der Waals surface area contributed by atoms with Crippen LogP contribution in [0.5, 0.6) is 0 Å². The number of aromatic nitrogens is 1. The molecular formula is C13H17F3N2O. The fourth-order valence-corrected chi connectivity index (χ4v) is 1.70. The van der Waals surface area contributed by atoms with E-state index in [0.29, 0.717) is 0 Å². The van der Waals surface area contributed by atoms with Gasteiger partial charge in [0.2, 0.25) is 5.91 Å². The van der Waals surface area contributed by atoms with Crippen LogP contribution in [-0.4, -0.2) is 17.1 Å². The smallest absolute Gasteiger partial charge is 0.349 e. The average molecular weight is 274 g/mol. The molecule has 6 heteroatoms. The maximum absolute atomic E-state index is 12.0. The molecule has 1 heterocycles. The van der Waals surface area contributed by atoms with Crippen molar-refractivity contribution in [2.45, 2.75) is 38.9 Å². The van der Waals surface area contributed by atoms with Crippen molar-refractivity contribution >= 4 is 5.91 Å². The number of pyridine rings is 1. The number of rotatable bonds is 5. The minimum atomic E-state index is -4.31. The summed E-state index contributed by atoms with van der Waals surface area (Å²) >= 11 is 0. The number of halogens is 3. The largest absolute Gasteiger partial charge is 0.389 e. The van der Waals surface area contributed by atoms with Crippen LogP contribution in [0.4, 0.5) is 13.2 Å². The van der Waals surface area contributed by atoms with Gasteiger partial charge in [0.1, 0.15) is 0 Å². The predicted molar refractivity (Wildman–Crippen MR) is 65.2 cm³/mol. The Morgan fingerprint density at radius 3 is 2.58 bits per heavy atom. The van der Waals surface area contributed by atoms with Crippen molar-refractivity contribution in [2.75, 3.05) is 0 Å². The molecule has 1 atom stereocenters. The number of nitrogens with zero attached hydrogens (tertiary/aromatic N) is 1. The van der Waals surface area contributed by atoms with Crippen molar-refractivity contribution in [3.05, 3.63) is 30.1 Å². The lowest BCUT2D eigenvalue weighted by atomic mass is 9.97. The van der Waals surface area contributed by atoms with E-state index >= 15 is 0 Å². The van der Waals surface area contributed by atoms with Crippen molar-refractivity contribution in [2.24, 2.45) is 5.92 Å². The van der Waals surface area contributed by atoms with Gasteiger partial charge in [0.25, 0.3) is 0 Å². The highest BCUT2D eigenvalue weighted by atomic mass is 19.4. The minimum absolute atomic E-state index is 0.0686. The summed E-state index contributed by atoms with van der Waals surface area (Å²) in [5.41, 5.74) is 0.790. The first-order valence-corrected chi connectivity index (χ1v) is 6.05. The van der Waals surface area contributed by atoms with Gasteiger partial charge in [0.05, 0.1) is 12.5 Å². The number of hydrogen-bond acceptors (Lipinski definition) is 2. The molecule has 0 radical (unpaired) electrons. The monoisotopic (exact) mass is 274 g/mol. The Bertz CT molecular complexity index is 404. The summed E-state index contributed by atoms with van der Waals surface area (Å²) in [4.78, 5) is 15.5. The number of carbonyl (C=O) groups excluding carboxylic acids is 1. The molecule has 0 spiro atoms. The number of hydrogen-bond donors (Lipinski definition) is 1. The second kappa shape index (κ2) is 6.54. The quantitative estimate of drug-likeness (QED) is 0.895. The minimum Gasteiger partial charge on any atom is -0.349 e. The van der Waals surface area contributed by atoms with E-state index in [0.717, 1.165) is 5.56 Å². The van der Waals surface area contributed by atoms with Gasteiger partial charge >= 0.3 is 6.18 Å². The van der Waals surface area contributed by atoms with Crippen LogP contribution in [0.2, 0.25) is 0 Å². The predicted octanol–water partition coefficient (Wildman–Crippen LogP) is 3.24. The molecule has 3 nitrogen and oxygen atoms in total. The molecule has 0 unspecified atom stereocenters.